The van der Waals surface area contributed by atoms with Gasteiger partial charge < -0.3 is 5.11 Å². The number of aliphatic hydroxyl groups is 1. The SMILES string of the molecule is CCC(CC)C(=O)/C=C(\O)C(CC)CC.Cc1[c-]c(-c2nccc3c2sc2c4ccc(CC(C)(C)C)cc4ccc32)[se]c1C.[Ir]. The van der Waals surface area contributed by atoms with E-state index in [9.17, 15) is 9.90 Å². The van der Waals surface area contributed by atoms with Crippen LogP contribution in [0.25, 0.3) is 41.1 Å². The Morgan fingerprint density at radius 2 is 1.56 bits per heavy atom. The molecule has 2 aromatic carbocycles. The van der Waals surface area contributed by atoms with Gasteiger partial charge in [-0.1, -0.05) is 27.7 Å². The molecule has 3 aromatic heterocycles. The molecular weight excluding hydrogens is 818 g/mol. The average molecular weight is 866 g/mol. The van der Waals surface area contributed by atoms with E-state index in [2.05, 4.69) is 77.1 Å². The Kier molecular flexibility index (Phi) is 13.4. The number of carbonyl (C=O) groups excluding carboxylic acids is 1. The molecule has 3 nitrogen and oxygen atoms in total. The Morgan fingerprint density at radius 3 is 2.13 bits per heavy atom. The molecule has 1 N–H and O–H groups in total. The minimum atomic E-state index is 0. The van der Waals surface area contributed by atoms with E-state index in [1.807, 2.05) is 45.2 Å². The van der Waals surface area contributed by atoms with Crippen LogP contribution in [-0.2, 0) is 31.3 Å². The molecule has 0 spiro atoms. The molecule has 0 saturated heterocycles. The molecule has 0 atom stereocenters. The number of hydrogen-bond acceptors (Lipinski definition) is 4. The van der Waals surface area contributed by atoms with Gasteiger partial charge in [-0.2, -0.15) is 0 Å². The molecule has 0 unspecified atom stereocenters. The van der Waals surface area contributed by atoms with E-state index in [4.69, 9.17) is 4.98 Å². The summed E-state index contributed by atoms with van der Waals surface area (Å²) in [5.74, 6) is 0.547. The number of fused-ring (bicyclic) bond motifs is 5. The van der Waals surface area contributed by atoms with Crippen molar-refractivity contribution in [1.29, 1.82) is 0 Å². The van der Waals surface area contributed by atoms with E-state index < -0.39 is 0 Å². The van der Waals surface area contributed by atoms with Crippen LogP contribution in [0.15, 0.2) is 54.4 Å². The van der Waals surface area contributed by atoms with Gasteiger partial charge in [0.25, 0.3) is 0 Å². The van der Waals surface area contributed by atoms with Gasteiger partial charge in [0.05, 0.1) is 5.76 Å². The van der Waals surface area contributed by atoms with Gasteiger partial charge in [-0.3, -0.25) is 4.79 Å². The van der Waals surface area contributed by atoms with Crippen molar-refractivity contribution in [2.45, 2.75) is 94.4 Å². The molecule has 45 heavy (non-hydrogen) atoms. The zero-order chi connectivity index (χ0) is 32.2. The fraction of sp³-hybridized carbons (Fsp3) is 0.436. The van der Waals surface area contributed by atoms with E-state index in [0.717, 1.165) is 37.8 Å². The second kappa shape index (κ2) is 16.2. The van der Waals surface area contributed by atoms with Gasteiger partial charge >= 0.3 is 183 Å². The predicted molar refractivity (Wildman–Crippen MR) is 192 cm³/mol. The standard InChI is InChI=1S/C26H24NSSe.C13H24O2.Ir/c1-15-12-22(29-16(15)2)23-25-21(10-11-27-23)20-9-7-18-13-17(14-26(3,4)5)6-8-19(18)24(20)28-25;1-5-10(6-2)12(14)9-13(15)11(7-3)8-4;/h6-11,13H,14H2,1-5H3;9-11,14H,5-8H2,1-4H3;/q-1;;/b;12-9-;. The fourth-order valence-electron chi connectivity index (χ4n) is 5.82. The Morgan fingerprint density at radius 1 is 0.933 bits per heavy atom. The van der Waals surface area contributed by atoms with Gasteiger partial charge in [-0.05, 0) is 25.7 Å². The number of nitrogens with zero attached hydrogens (tertiary/aromatic N) is 1. The first-order valence-corrected chi connectivity index (χ1v) is 18.6. The smallest absolute Gasteiger partial charge is 0 e. The maximum absolute atomic E-state index is 11.7. The molecule has 1 radical (unpaired) electrons. The van der Waals surface area contributed by atoms with Crippen molar-refractivity contribution in [2.75, 3.05) is 0 Å². The molecule has 0 saturated carbocycles. The number of pyridine rings is 1. The van der Waals surface area contributed by atoms with Crippen LogP contribution in [0.1, 0.15) is 89.7 Å². The second-order valence-electron chi connectivity index (χ2n) is 13.1. The number of thiophene rings is 1. The van der Waals surface area contributed by atoms with Crippen LogP contribution in [0.2, 0.25) is 0 Å². The molecule has 0 aliphatic rings. The zero-order valence-electron chi connectivity index (χ0n) is 28.3. The largest absolute Gasteiger partial charge is 0 e. The number of rotatable bonds is 9. The number of aliphatic hydroxyl groups excluding tert-OH is 1. The first-order chi connectivity index (χ1) is 20.9. The van der Waals surface area contributed by atoms with Crippen LogP contribution >= 0.6 is 11.3 Å². The molecule has 243 valence electrons. The van der Waals surface area contributed by atoms with Crippen LogP contribution < -0.4 is 0 Å². The van der Waals surface area contributed by atoms with Crippen LogP contribution in [0.5, 0.6) is 0 Å². The van der Waals surface area contributed by atoms with Crippen molar-refractivity contribution in [3.05, 3.63) is 76.1 Å². The third-order valence-corrected chi connectivity index (χ3v) is 12.1. The van der Waals surface area contributed by atoms with E-state index in [0.29, 0.717) is 19.9 Å². The normalized spacial score (nSPS) is 12.2. The van der Waals surface area contributed by atoms with Crippen LogP contribution in [0.4, 0.5) is 0 Å². The number of benzene rings is 2. The summed E-state index contributed by atoms with van der Waals surface area (Å²) in [6.07, 6.45) is 7.97. The summed E-state index contributed by atoms with van der Waals surface area (Å²) >= 11 is 2.23. The van der Waals surface area contributed by atoms with E-state index in [-0.39, 0.29) is 43.5 Å². The van der Waals surface area contributed by atoms with Gasteiger partial charge in [-0.25, -0.2) is 0 Å². The summed E-state index contributed by atoms with van der Waals surface area (Å²) in [5, 5.41) is 15.1. The van der Waals surface area contributed by atoms with Gasteiger partial charge in [0, 0.05) is 38.0 Å². The van der Waals surface area contributed by atoms with Gasteiger partial charge in [0.1, 0.15) is 0 Å². The monoisotopic (exact) mass is 867 g/mol. The second-order valence-corrected chi connectivity index (χ2v) is 16.7. The predicted octanol–water partition coefficient (Wildman–Crippen LogP) is 11.2. The number of allylic oxidation sites excluding steroid dienone is 2. The van der Waals surface area contributed by atoms with Crippen LogP contribution in [0, 0.1) is 37.2 Å². The molecular formula is C39H48IrNO2SSe-. The Bertz CT molecular complexity index is 1760. The summed E-state index contributed by atoms with van der Waals surface area (Å²) in [6, 6.07) is 17.4. The zero-order valence-corrected chi connectivity index (χ0v) is 33.2. The first-order valence-electron chi connectivity index (χ1n) is 16.1. The first kappa shape index (κ1) is 37.4. The Hall–Kier alpha value is -2.07. The number of ketones is 1. The van der Waals surface area contributed by atoms with Crippen LogP contribution in [-0.4, -0.2) is 30.4 Å². The molecule has 0 aliphatic heterocycles. The van der Waals surface area contributed by atoms with Crippen molar-refractivity contribution in [3.63, 3.8) is 0 Å². The maximum atomic E-state index is 11.7. The van der Waals surface area contributed by atoms with Gasteiger partial charge in [-0.15, -0.1) is 0 Å². The summed E-state index contributed by atoms with van der Waals surface area (Å²) in [5.41, 5.74) is 4.14. The Balaban J connectivity index is 0.000000297. The fourth-order valence-corrected chi connectivity index (χ4v) is 9.32. The molecule has 5 aromatic rings. The van der Waals surface area contributed by atoms with E-state index >= 15 is 0 Å². The van der Waals surface area contributed by atoms with Crippen molar-refractivity contribution in [3.8, 4) is 10.1 Å². The number of hydrogen-bond donors (Lipinski definition) is 1. The average Bonchev–Trinajstić information content (AvgIpc) is 3.52. The van der Waals surface area contributed by atoms with Crippen molar-refractivity contribution < 1.29 is 30.0 Å². The van der Waals surface area contributed by atoms with Crippen molar-refractivity contribution in [1.82, 2.24) is 4.98 Å². The minimum Gasteiger partial charge on any atom is 0 e. The number of aromatic nitrogens is 1. The van der Waals surface area contributed by atoms with Crippen LogP contribution in [0.3, 0.4) is 0 Å². The summed E-state index contributed by atoms with van der Waals surface area (Å²) in [7, 11) is 0. The van der Waals surface area contributed by atoms with E-state index in [1.165, 1.54) is 57.0 Å². The summed E-state index contributed by atoms with van der Waals surface area (Å²) < 4.78 is 5.44. The molecule has 6 heteroatoms. The molecule has 3 heterocycles. The molecule has 5 rings (SSSR count). The molecule has 0 fully saturated rings. The summed E-state index contributed by atoms with van der Waals surface area (Å²) in [4.78, 5) is 16.5. The van der Waals surface area contributed by atoms with Crippen molar-refractivity contribution in [2.24, 2.45) is 17.3 Å². The van der Waals surface area contributed by atoms with Gasteiger partial charge in [0.15, 0.2) is 5.78 Å². The topological polar surface area (TPSA) is 50.2 Å². The maximum Gasteiger partial charge on any atom is 0 e. The molecule has 0 aliphatic carbocycles. The Labute approximate surface area is 293 Å². The number of aryl methyl sites for hydroxylation is 2. The van der Waals surface area contributed by atoms with Crippen molar-refractivity contribution >= 4 is 62.6 Å². The van der Waals surface area contributed by atoms with Gasteiger partial charge in [0.2, 0.25) is 0 Å². The summed E-state index contributed by atoms with van der Waals surface area (Å²) in [6.45, 7) is 19.4. The quantitative estimate of drug-likeness (QED) is 0.0695. The van der Waals surface area contributed by atoms with E-state index in [1.54, 1.807) is 0 Å². The number of carbonyl (C=O) groups is 1. The third kappa shape index (κ3) is 8.85. The minimum absolute atomic E-state index is 0. The third-order valence-electron chi connectivity index (χ3n) is 8.55. The molecule has 0 amide bonds. The molecule has 0 bridgehead atoms.